The van der Waals surface area contributed by atoms with Gasteiger partial charge >= 0.3 is 11.6 Å². The summed E-state index contributed by atoms with van der Waals surface area (Å²) in [5, 5.41) is 3.47. The van der Waals surface area contributed by atoms with Gasteiger partial charge in [-0.3, -0.25) is 4.79 Å². The van der Waals surface area contributed by atoms with Crippen LogP contribution in [0.3, 0.4) is 0 Å². The maximum absolute atomic E-state index is 12.0. The van der Waals surface area contributed by atoms with Crippen LogP contribution in [0.2, 0.25) is 0 Å². The lowest BCUT2D eigenvalue weighted by Gasteiger charge is -2.12. The zero-order valence-corrected chi connectivity index (χ0v) is 15.5. The monoisotopic (exact) mass is 381 g/mol. The number of rotatable bonds is 6. The Morgan fingerprint density at radius 2 is 1.71 bits per heavy atom. The van der Waals surface area contributed by atoms with Gasteiger partial charge in [-0.25, -0.2) is 9.59 Å². The molecule has 0 fully saturated rings. The molecule has 1 heterocycles. The number of carbonyl (C=O) groups is 2. The SMILES string of the molecule is Cc1cccc(C)c1NC(=O)COC(=O)COc1ccc2ccc(=O)oc2c1. The van der Waals surface area contributed by atoms with E-state index in [0.29, 0.717) is 17.0 Å². The van der Waals surface area contributed by atoms with E-state index in [9.17, 15) is 14.4 Å². The third-order valence-electron chi connectivity index (χ3n) is 4.06. The molecule has 1 aromatic heterocycles. The summed E-state index contributed by atoms with van der Waals surface area (Å²) in [5.41, 5.74) is 2.43. The van der Waals surface area contributed by atoms with Crippen molar-refractivity contribution in [2.75, 3.05) is 18.5 Å². The Morgan fingerprint density at radius 1 is 1.00 bits per heavy atom. The average molecular weight is 381 g/mol. The van der Waals surface area contributed by atoms with Crippen molar-refractivity contribution < 1.29 is 23.5 Å². The van der Waals surface area contributed by atoms with Crippen molar-refractivity contribution in [3.8, 4) is 5.75 Å². The molecule has 0 radical (unpaired) electrons. The molecule has 0 spiro atoms. The lowest BCUT2D eigenvalue weighted by molar-refractivity contribution is -0.149. The molecule has 1 amide bonds. The zero-order chi connectivity index (χ0) is 20.1. The molecule has 3 aromatic rings. The minimum absolute atomic E-state index is 0.346. The van der Waals surface area contributed by atoms with Crippen molar-refractivity contribution in [1.82, 2.24) is 0 Å². The summed E-state index contributed by atoms with van der Waals surface area (Å²) in [5.74, 6) is -0.775. The lowest BCUT2D eigenvalue weighted by Crippen LogP contribution is -2.24. The zero-order valence-electron chi connectivity index (χ0n) is 15.5. The third-order valence-corrected chi connectivity index (χ3v) is 4.06. The van der Waals surface area contributed by atoms with E-state index in [1.165, 1.54) is 12.1 Å². The van der Waals surface area contributed by atoms with Gasteiger partial charge in [-0.15, -0.1) is 0 Å². The Hall–Kier alpha value is -3.61. The van der Waals surface area contributed by atoms with Crippen LogP contribution < -0.4 is 15.7 Å². The predicted molar refractivity (Wildman–Crippen MR) is 103 cm³/mol. The maximum Gasteiger partial charge on any atom is 0.344 e. The molecule has 0 bridgehead atoms. The molecular formula is C21H19NO6. The van der Waals surface area contributed by atoms with E-state index >= 15 is 0 Å². The van der Waals surface area contributed by atoms with E-state index in [2.05, 4.69) is 5.32 Å². The van der Waals surface area contributed by atoms with Gasteiger partial charge in [0.05, 0.1) is 0 Å². The first kappa shape index (κ1) is 19.2. The second-order valence-corrected chi connectivity index (χ2v) is 6.22. The summed E-state index contributed by atoms with van der Waals surface area (Å²) < 4.78 is 15.3. The molecule has 7 nitrogen and oxygen atoms in total. The van der Waals surface area contributed by atoms with E-state index in [-0.39, 0.29) is 6.61 Å². The molecule has 144 valence electrons. The normalized spacial score (nSPS) is 10.5. The number of ether oxygens (including phenoxy) is 2. The van der Waals surface area contributed by atoms with Crippen LogP contribution in [-0.2, 0) is 14.3 Å². The van der Waals surface area contributed by atoms with Crippen LogP contribution in [0.25, 0.3) is 11.0 Å². The van der Waals surface area contributed by atoms with Crippen LogP contribution in [0.1, 0.15) is 11.1 Å². The van der Waals surface area contributed by atoms with Gasteiger partial charge < -0.3 is 19.2 Å². The summed E-state index contributed by atoms with van der Waals surface area (Å²) in [4.78, 5) is 35.1. The van der Waals surface area contributed by atoms with Crippen LogP contribution in [0.15, 0.2) is 57.7 Å². The number of hydrogen-bond donors (Lipinski definition) is 1. The van der Waals surface area contributed by atoms with Crippen LogP contribution in [0.4, 0.5) is 5.69 Å². The number of aryl methyl sites for hydroxylation is 2. The van der Waals surface area contributed by atoms with Gasteiger partial charge in [0.25, 0.3) is 5.91 Å². The van der Waals surface area contributed by atoms with E-state index in [1.54, 1.807) is 18.2 Å². The molecule has 0 saturated carbocycles. The van der Waals surface area contributed by atoms with Crippen molar-refractivity contribution in [1.29, 1.82) is 0 Å². The van der Waals surface area contributed by atoms with Crippen molar-refractivity contribution >= 4 is 28.5 Å². The Bertz CT molecular complexity index is 1070. The smallest absolute Gasteiger partial charge is 0.344 e. The van der Waals surface area contributed by atoms with Gasteiger partial charge in [0.2, 0.25) is 0 Å². The predicted octanol–water partition coefficient (Wildman–Crippen LogP) is 2.97. The number of anilines is 1. The number of carbonyl (C=O) groups excluding carboxylic acids is 2. The highest BCUT2D eigenvalue weighted by atomic mass is 16.6. The fraction of sp³-hybridized carbons (Fsp3) is 0.190. The number of amides is 1. The Labute approximate surface area is 160 Å². The maximum atomic E-state index is 12.0. The van der Waals surface area contributed by atoms with Crippen molar-refractivity contribution in [3.63, 3.8) is 0 Å². The van der Waals surface area contributed by atoms with Gasteiger partial charge in [-0.1, -0.05) is 18.2 Å². The van der Waals surface area contributed by atoms with Gasteiger partial charge in [0, 0.05) is 23.2 Å². The van der Waals surface area contributed by atoms with Crippen molar-refractivity contribution in [3.05, 3.63) is 70.1 Å². The molecule has 0 aliphatic heterocycles. The van der Waals surface area contributed by atoms with Crippen molar-refractivity contribution in [2.45, 2.75) is 13.8 Å². The minimum Gasteiger partial charge on any atom is -0.482 e. The fourth-order valence-electron chi connectivity index (χ4n) is 2.65. The van der Waals surface area contributed by atoms with E-state index in [0.717, 1.165) is 16.5 Å². The molecule has 0 atom stereocenters. The average Bonchev–Trinajstić information content (AvgIpc) is 2.67. The first-order valence-electron chi connectivity index (χ1n) is 8.61. The second-order valence-electron chi connectivity index (χ2n) is 6.22. The van der Waals surface area contributed by atoms with E-state index in [4.69, 9.17) is 13.9 Å². The third kappa shape index (κ3) is 4.76. The molecule has 1 N–H and O–H groups in total. The van der Waals surface area contributed by atoms with E-state index in [1.807, 2.05) is 32.0 Å². The highest BCUT2D eigenvalue weighted by Crippen LogP contribution is 2.20. The standard InChI is InChI=1S/C21H19NO6/c1-13-4-3-5-14(2)21(13)22-18(23)11-27-20(25)12-26-16-8-6-15-7-9-19(24)28-17(15)10-16/h3-10H,11-12H2,1-2H3,(H,22,23). The van der Waals surface area contributed by atoms with E-state index < -0.39 is 24.1 Å². The molecule has 28 heavy (non-hydrogen) atoms. The van der Waals surface area contributed by atoms with Crippen LogP contribution in [0.5, 0.6) is 5.75 Å². The molecule has 0 saturated heterocycles. The van der Waals surface area contributed by atoms with Gasteiger partial charge in [0.1, 0.15) is 11.3 Å². The summed E-state index contributed by atoms with van der Waals surface area (Å²) in [6, 6.07) is 13.5. The molecule has 0 unspecified atom stereocenters. The number of para-hydroxylation sites is 1. The Morgan fingerprint density at radius 3 is 2.46 bits per heavy atom. The summed E-state index contributed by atoms with van der Waals surface area (Å²) in [7, 11) is 0. The quantitative estimate of drug-likeness (QED) is 0.521. The first-order valence-corrected chi connectivity index (χ1v) is 8.61. The van der Waals surface area contributed by atoms with Gasteiger partial charge in [0.15, 0.2) is 13.2 Å². The molecule has 2 aromatic carbocycles. The van der Waals surface area contributed by atoms with Gasteiger partial charge in [-0.05, 0) is 43.2 Å². The second kappa shape index (κ2) is 8.39. The minimum atomic E-state index is -0.689. The summed E-state index contributed by atoms with van der Waals surface area (Å²) in [6.45, 7) is 2.98. The van der Waals surface area contributed by atoms with Gasteiger partial charge in [-0.2, -0.15) is 0 Å². The highest BCUT2D eigenvalue weighted by molar-refractivity contribution is 5.94. The Balaban J connectivity index is 1.50. The van der Waals surface area contributed by atoms with Crippen LogP contribution >= 0.6 is 0 Å². The first-order chi connectivity index (χ1) is 13.4. The molecule has 0 aliphatic rings. The molecule has 0 aliphatic carbocycles. The number of benzene rings is 2. The molecular weight excluding hydrogens is 362 g/mol. The topological polar surface area (TPSA) is 94.8 Å². The number of esters is 1. The lowest BCUT2D eigenvalue weighted by atomic mass is 10.1. The molecule has 3 rings (SSSR count). The largest absolute Gasteiger partial charge is 0.482 e. The number of fused-ring (bicyclic) bond motifs is 1. The summed E-state index contributed by atoms with van der Waals surface area (Å²) >= 11 is 0. The fourth-order valence-corrected chi connectivity index (χ4v) is 2.65. The summed E-state index contributed by atoms with van der Waals surface area (Å²) in [6.07, 6.45) is 0. The Kier molecular flexibility index (Phi) is 5.74. The number of hydrogen-bond acceptors (Lipinski definition) is 6. The highest BCUT2D eigenvalue weighted by Gasteiger charge is 2.11. The molecule has 7 heteroatoms. The number of nitrogens with one attached hydrogen (secondary N) is 1. The van der Waals surface area contributed by atoms with Crippen LogP contribution in [0, 0.1) is 13.8 Å². The van der Waals surface area contributed by atoms with Crippen molar-refractivity contribution in [2.24, 2.45) is 0 Å². The van der Waals surface area contributed by atoms with Crippen LogP contribution in [-0.4, -0.2) is 25.1 Å².